The Morgan fingerprint density at radius 1 is 1.56 bits per heavy atom. The fourth-order valence-corrected chi connectivity index (χ4v) is 1.53. The van der Waals surface area contributed by atoms with Gasteiger partial charge in [-0.3, -0.25) is 0 Å². The maximum absolute atomic E-state index is 13.4. The topological polar surface area (TPSA) is 32.3 Å². The Balaban J connectivity index is 2.90. The number of phenols is 1. The van der Waals surface area contributed by atoms with Gasteiger partial charge >= 0.3 is 0 Å². The van der Waals surface area contributed by atoms with Crippen LogP contribution in [-0.4, -0.2) is 11.7 Å². The highest BCUT2D eigenvalue weighted by Gasteiger charge is 2.16. The summed E-state index contributed by atoms with van der Waals surface area (Å²) < 4.78 is 26.9. The lowest BCUT2D eigenvalue weighted by molar-refractivity contribution is 0.433. The summed E-state index contributed by atoms with van der Waals surface area (Å²) >= 11 is 3.15. The highest BCUT2D eigenvalue weighted by Crippen LogP contribution is 2.28. The summed E-state index contributed by atoms with van der Waals surface area (Å²) in [4.78, 5) is 0. The zero-order valence-electron chi connectivity index (χ0n) is 8.73. The van der Waals surface area contributed by atoms with Gasteiger partial charge in [0.1, 0.15) is 17.4 Å². The number of hydrogen-bond acceptors (Lipinski definition) is 2. The van der Waals surface area contributed by atoms with Gasteiger partial charge < -0.3 is 10.4 Å². The monoisotopic (exact) mass is 291 g/mol. The molecule has 0 saturated carbocycles. The Morgan fingerprint density at radius 3 is 2.69 bits per heavy atom. The van der Waals surface area contributed by atoms with Crippen LogP contribution in [0.25, 0.3) is 0 Å². The van der Waals surface area contributed by atoms with Gasteiger partial charge in [-0.15, -0.1) is 0 Å². The molecular formula is C11H12BrF2NO. The second-order valence-electron chi connectivity index (χ2n) is 3.44. The van der Waals surface area contributed by atoms with E-state index in [9.17, 15) is 13.9 Å². The molecular weight excluding hydrogens is 280 g/mol. The molecule has 0 aliphatic rings. The van der Waals surface area contributed by atoms with Crippen molar-refractivity contribution in [2.75, 3.05) is 6.54 Å². The van der Waals surface area contributed by atoms with E-state index in [0.717, 1.165) is 12.1 Å². The Hall–Kier alpha value is -0.940. The number of hydrogen-bond donors (Lipinski definition) is 2. The van der Waals surface area contributed by atoms with E-state index in [0.29, 0.717) is 11.0 Å². The molecule has 0 aliphatic heterocycles. The minimum atomic E-state index is -0.796. The fourth-order valence-electron chi connectivity index (χ4n) is 1.37. The number of nitrogens with one attached hydrogen (secondary N) is 1. The quantitative estimate of drug-likeness (QED) is 0.893. The second kappa shape index (κ2) is 5.41. The number of halogens is 3. The summed E-state index contributed by atoms with van der Waals surface area (Å²) in [6.07, 6.45) is 0. The molecule has 1 aromatic rings. The van der Waals surface area contributed by atoms with Crippen molar-refractivity contribution in [1.82, 2.24) is 5.32 Å². The average Bonchev–Trinajstić information content (AvgIpc) is 2.12. The van der Waals surface area contributed by atoms with Gasteiger partial charge in [0.2, 0.25) is 0 Å². The van der Waals surface area contributed by atoms with Crippen LogP contribution in [0, 0.1) is 11.6 Å². The Labute approximate surface area is 101 Å². The molecule has 0 heterocycles. The lowest BCUT2D eigenvalue weighted by Crippen LogP contribution is -2.21. The van der Waals surface area contributed by atoms with Crippen molar-refractivity contribution in [3.8, 4) is 5.75 Å². The van der Waals surface area contributed by atoms with Crippen LogP contribution in [0.15, 0.2) is 23.2 Å². The standard InChI is InChI=1S/C11H12BrF2NO/c1-6(12)5-15-7(2)11-9(14)3-8(13)4-10(11)16/h3-4,7,15-16H,1,5H2,2H3. The van der Waals surface area contributed by atoms with E-state index in [2.05, 4.69) is 27.8 Å². The number of rotatable bonds is 4. The molecule has 0 saturated heterocycles. The summed E-state index contributed by atoms with van der Waals surface area (Å²) in [5, 5.41) is 12.4. The van der Waals surface area contributed by atoms with Gasteiger partial charge in [-0.2, -0.15) is 0 Å². The van der Waals surface area contributed by atoms with Crippen molar-refractivity contribution < 1.29 is 13.9 Å². The van der Waals surface area contributed by atoms with E-state index < -0.39 is 23.4 Å². The van der Waals surface area contributed by atoms with Crippen molar-refractivity contribution in [2.24, 2.45) is 0 Å². The number of phenolic OH excluding ortho intramolecular Hbond substituents is 1. The van der Waals surface area contributed by atoms with Crippen LogP contribution in [0.3, 0.4) is 0 Å². The van der Waals surface area contributed by atoms with E-state index in [1.54, 1.807) is 6.92 Å². The molecule has 0 bridgehead atoms. The maximum atomic E-state index is 13.4. The molecule has 2 N–H and O–H groups in total. The van der Waals surface area contributed by atoms with Crippen LogP contribution >= 0.6 is 15.9 Å². The fraction of sp³-hybridized carbons (Fsp3) is 0.273. The maximum Gasteiger partial charge on any atom is 0.134 e. The van der Waals surface area contributed by atoms with E-state index in [-0.39, 0.29) is 5.56 Å². The first-order chi connectivity index (χ1) is 7.41. The van der Waals surface area contributed by atoms with Crippen molar-refractivity contribution >= 4 is 15.9 Å². The van der Waals surface area contributed by atoms with Gasteiger partial charge in [0.15, 0.2) is 0 Å². The Morgan fingerprint density at radius 2 is 2.19 bits per heavy atom. The van der Waals surface area contributed by atoms with Crippen molar-refractivity contribution in [1.29, 1.82) is 0 Å². The largest absolute Gasteiger partial charge is 0.507 e. The molecule has 0 aromatic heterocycles. The lowest BCUT2D eigenvalue weighted by atomic mass is 10.1. The minimum Gasteiger partial charge on any atom is -0.507 e. The zero-order chi connectivity index (χ0) is 12.3. The normalized spacial score (nSPS) is 12.5. The first-order valence-electron chi connectivity index (χ1n) is 4.66. The zero-order valence-corrected chi connectivity index (χ0v) is 10.3. The van der Waals surface area contributed by atoms with E-state index in [4.69, 9.17) is 0 Å². The molecule has 1 unspecified atom stereocenters. The number of aromatic hydroxyl groups is 1. The average molecular weight is 292 g/mol. The Bertz CT molecular complexity index is 386. The minimum absolute atomic E-state index is 0.0511. The highest BCUT2D eigenvalue weighted by molar-refractivity contribution is 9.11. The molecule has 2 nitrogen and oxygen atoms in total. The second-order valence-corrected chi connectivity index (χ2v) is 4.56. The Kier molecular flexibility index (Phi) is 4.44. The van der Waals surface area contributed by atoms with Crippen molar-refractivity contribution in [2.45, 2.75) is 13.0 Å². The predicted molar refractivity (Wildman–Crippen MR) is 62.5 cm³/mol. The van der Waals surface area contributed by atoms with Crippen LogP contribution in [0.2, 0.25) is 0 Å². The van der Waals surface area contributed by atoms with Gasteiger partial charge in [-0.25, -0.2) is 8.78 Å². The summed E-state index contributed by atoms with van der Waals surface area (Å²) in [5.41, 5.74) is 0.0511. The van der Waals surface area contributed by atoms with Crippen LogP contribution in [0.5, 0.6) is 5.75 Å². The lowest BCUT2D eigenvalue weighted by Gasteiger charge is -2.16. The molecule has 16 heavy (non-hydrogen) atoms. The molecule has 0 fully saturated rings. The van der Waals surface area contributed by atoms with Gasteiger partial charge in [0.25, 0.3) is 0 Å². The predicted octanol–water partition coefficient (Wildman–Crippen LogP) is 3.23. The summed E-state index contributed by atoms with van der Waals surface area (Å²) in [5.74, 6) is -1.95. The molecule has 0 radical (unpaired) electrons. The summed E-state index contributed by atoms with van der Waals surface area (Å²) in [6, 6.07) is 1.20. The smallest absolute Gasteiger partial charge is 0.134 e. The molecule has 1 rings (SSSR count). The van der Waals surface area contributed by atoms with E-state index in [1.807, 2.05) is 0 Å². The number of benzene rings is 1. The van der Waals surface area contributed by atoms with E-state index >= 15 is 0 Å². The molecule has 0 amide bonds. The van der Waals surface area contributed by atoms with Gasteiger partial charge in [0.05, 0.1) is 0 Å². The molecule has 88 valence electrons. The third kappa shape index (κ3) is 3.28. The molecule has 1 aromatic carbocycles. The summed E-state index contributed by atoms with van der Waals surface area (Å²) in [6.45, 7) is 5.72. The molecule has 0 aliphatic carbocycles. The van der Waals surface area contributed by atoms with Crippen LogP contribution in [-0.2, 0) is 0 Å². The molecule has 5 heteroatoms. The highest BCUT2D eigenvalue weighted by atomic mass is 79.9. The molecule has 0 spiro atoms. The van der Waals surface area contributed by atoms with Gasteiger partial charge in [-0.1, -0.05) is 22.5 Å². The van der Waals surface area contributed by atoms with Crippen molar-refractivity contribution in [3.63, 3.8) is 0 Å². The van der Waals surface area contributed by atoms with Crippen LogP contribution in [0.1, 0.15) is 18.5 Å². The van der Waals surface area contributed by atoms with Crippen molar-refractivity contribution in [3.05, 3.63) is 40.4 Å². The van der Waals surface area contributed by atoms with Crippen LogP contribution in [0.4, 0.5) is 8.78 Å². The van der Waals surface area contributed by atoms with Crippen LogP contribution < -0.4 is 5.32 Å². The summed E-state index contributed by atoms with van der Waals surface area (Å²) in [7, 11) is 0. The molecule has 1 atom stereocenters. The van der Waals surface area contributed by atoms with Gasteiger partial charge in [-0.05, 0) is 6.92 Å². The first-order valence-corrected chi connectivity index (χ1v) is 5.45. The van der Waals surface area contributed by atoms with E-state index in [1.165, 1.54) is 0 Å². The van der Waals surface area contributed by atoms with Gasteiger partial charge in [0, 0.05) is 34.8 Å². The third-order valence-electron chi connectivity index (χ3n) is 2.11. The SMILES string of the molecule is C=C(Br)CNC(C)c1c(O)cc(F)cc1F. The third-order valence-corrected chi connectivity index (χ3v) is 2.39. The first kappa shape index (κ1) is 13.1.